The molecule has 0 bridgehead atoms. The molecule has 0 aliphatic heterocycles. The Labute approximate surface area is 193 Å². The molecule has 0 fully saturated rings. The maximum absolute atomic E-state index is 9.63. The van der Waals surface area contributed by atoms with Gasteiger partial charge in [0.2, 0.25) is 0 Å². The maximum Gasteiger partial charge on any atom is 0.326 e. The first-order chi connectivity index (χ1) is 16.3. The van der Waals surface area contributed by atoms with Crippen molar-refractivity contribution < 1.29 is 5.02 Å². The molecule has 155 valence electrons. The Hall–Kier alpha value is -4.08. The van der Waals surface area contributed by atoms with Crippen LogP contribution >= 0.6 is 0 Å². The first-order valence-corrected chi connectivity index (χ1v) is 11.1. The molecule has 3 heteroatoms. The highest BCUT2D eigenvalue weighted by atomic mass is 16.2. The lowest BCUT2D eigenvalue weighted by atomic mass is 9.87. The zero-order chi connectivity index (χ0) is 22.2. The highest BCUT2D eigenvalue weighted by Gasteiger charge is 2.14. The predicted octanol–water partition coefficient (Wildman–Crippen LogP) is 6.35. The molecule has 6 aromatic rings. The van der Waals surface area contributed by atoms with E-state index in [1.807, 2.05) is 18.2 Å². The van der Waals surface area contributed by atoms with Gasteiger partial charge in [0.05, 0.1) is 11.0 Å². The van der Waals surface area contributed by atoms with Crippen molar-refractivity contribution in [2.75, 3.05) is 0 Å². The summed E-state index contributed by atoms with van der Waals surface area (Å²) in [5, 5.41) is 11.9. The normalized spacial score (nSPS) is 11.2. The second kappa shape index (κ2) is 8.12. The summed E-state index contributed by atoms with van der Waals surface area (Å²) in [6, 6.07) is 42.3. The fourth-order valence-electron chi connectivity index (χ4n) is 4.64. The first-order valence-electron chi connectivity index (χ1n) is 11.1. The van der Waals surface area contributed by atoms with Gasteiger partial charge in [0.15, 0.2) is 0 Å². The van der Waals surface area contributed by atoms with Gasteiger partial charge in [0.25, 0.3) is 0 Å². The lowest BCUT2D eigenvalue weighted by Crippen LogP contribution is -2.12. The van der Waals surface area contributed by atoms with Gasteiger partial charge in [0, 0.05) is 16.5 Å². The second-order valence-corrected chi connectivity index (χ2v) is 8.25. The van der Waals surface area contributed by atoms with E-state index in [4.69, 9.17) is 0 Å². The third kappa shape index (κ3) is 3.43. The summed E-state index contributed by atoms with van der Waals surface area (Å²) >= 11 is 0. The van der Waals surface area contributed by atoms with Crippen LogP contribution in [0.1, 0.15) is 0 Å². The van der Waals surface area contributed by atoms with Crippen LogP contribution in [0.3, 0.4) is 0 Å². The first kappa shape index (κ1) is 19.6. The molecular weight excluding hydrogens is 401 g/mol. The van der Waals surface area contributed by atoms with Crippen LogP contribution in [-0.4, -0.2) is 17.1 Å². The van der Waals surface area contributed by atoms with Crippen molar-refractivity contribution in [1.29, 1.82) is 0 Å². The minimum absolute atomic E-state index is 0.797. The van der Waals surface area contributed by atoms with Crippen molar-refractivity contribution in [3.05, 3.63) is 121 Å². The largest absolute Gasteiger partial charge is 0.450 e. The second-order valence-electron chi connectivity index (χ2n) is 8.25. The van der Waals surface area contributed by atoms with Crippen LogP contribution in [0.25, 0.3) is 49.7 Å². The maximum atomic E-state index is 9.63. The van der Waals surface area contributed by atoms with Gasteiger partial charge in [-0.15, -0.1) is 0 Å². The van der Waals surface area contributed by atoms with E-state index in [0.717, 1.165) is 35.1 Å². The van der Waals surface area contributed by atoms with Crippen LogP contribution < -0.4 is 5.46 Å². The number of rotatable bonds is 4. The van der Waals surface area contributed by atoms with Gasteiger partial charge in [0.1, 0.15) is 0 Å². The van der Waals surface area contributed by atoms with Crippen LogP contribution in [0.2, 0.25) is 0 Å². The van der Waals surface area contributed by atoms with Gasteiger partial charge in [-0.05, 0) is 52.6 Å². The van der Waals surface area contributed by atoms with Gasteiger partial charge in [-0.3, -0.25) is 0 Å². The van der Waals surface area contributed by atoms with Crippen LogP contribution in [0.15, 0.2) is 121 Å². The molecule has 1 radical (unpaired) electrons. The SMILES string of the molecule is O[B]c1ccc2c(c1)c1cc(-c3ccccc3)ccc1n2-c1ccc(-c2ccccc2)cc1. The monoisotopic (exact) mass is 422 g/mol. The lowest BCUT2D eigenvalue weighted by Gasteiger charge is -2.10. The predicted molar refractivity (Wildman–Crippen MR) is 139 cm³/mol. The van der Waals surface area contributed by atoms with Crippen molar-refractivity contribution >= 4 is 34.8 Å². The molecule has 0 atom stereocenters. The van der Waals surface area contributed by atoms with Crippen LogP contribution in [-0.2, 0) is 0 Å². The number of hydrogen-bond acceptors (Lipinski definition) is 1. The number of aromatic nitrogens is 1. The van der Waals surface area contributed by atoms with Crippen molar-refractivity contribution in [3.63, 3.8) is 0 Å². The van der Waals surface area contributed by atoms with E-state index in [0.29, 0.717) is 0 Å². The zero-order valence-corrected chi connectivity index (χ0v) is 18.0. The van der Waals surface area contributed by atoms with E-state index >= 15 is 0 Å². The smallest absolute Gasteiger partial charge is 0.326 e. The molecule has 2 nitrogen and oxygen atoms in total. The Morgan fingerprint density at radius 3 is 1.64 bits per heavy atom. The third-order valence-corrected chi connectivity index (χ3v) is 6.28. The summed E-state index contributed by atoms with van der Waals surface area (Å²) in [5.74, 6) is 0. The molecule has 33 heavy (non-hydrogen) atoms. The van der Waals surface area contributed by atoms with Crippen LogP contribution in [0.4, 0.5) is 0 Å². The van der Waals surface area contributed by atoms with E-state index in [-0.39, 0.29) is 0 Å². The van der Waals surface area contributed by atoms with E-state index in [2.05, 4.69) is 108 Å². The Balaban J connectivity index is 1.56. The summed E-state index contributed by atoms with van der Waals surface area (Å²) in [5.41, 5.74) is 8.96. The standard InChI is InChI=1S/C30H21BNO/c33-31-25-14-18-30-28(20-25)27-19-24(22-9-5-2-6-10-22)13-17-29(27)32(30)26-15-11-23(12-16-26)21-7-3-1-4-8-21/h1-20,33H. The molecule has 1 heterocycles. The van der Waals surface area contributed by atoms with Crippen molar-refractivity contribution in [2.24, 2.45) is 0 Å². The van der Waals surface area contributed by atoms with Crippen molar-refractivity contribution in [1.82, 2.24) is 4.57 Å². The Bertz CT molecular complexity index is 1570. The zero-order valence-electron chi connectivity index (χ0n) is 18.0. The summed E-state index contributed by atoms with van der Waals surface area (Å²) in [6.45, 7) is 0. The number of nitrogens with zero attached hydrogens (tertiary/aromatic N) is 1. The molecule has 0 saturated carbocycles. The highest BCUT2D eigenvalue weighted by molar-refractivity contribution is 6.46. The molecule has 0 aliphatic carbocycles. The van der Waals surface area contributed by atoms with E-state index < -0.39 is 0 Å². The number of hydrogen-bond donors (Lipinski definition) is 1. The summed E-state index contributed by atoms with van der Waals surface area (Å²) in [4.78, 5) is 0. The highest BCUT2D eigenvalue weighted by Crippen LogP contribution is 2.35. The van der Waals surface area contributed by atoms with Crippen molar-refractivity contribution in [2.45, 2.75) is 0 Å². The molecule has 0 spiro atoms. The molecule has 1 N–H and O–H groups in total. The Morgan fingerprint density at radius 1 is 0.485 bits per heavy atom. The molecular formula is C30H21BNO. The average Bonchev–Trinajstić information content (AvgIpc) is 3.22. The van der Waals surface area contributed by atoms with Gasteiger partial charge in [-0.1, -0.05) is 96.5 Å². The Kier molecular flexibility index (Phi) is 4.82. The molecule has 0 amide bonds. The summed E-state index contributed by atoms with van der Waals surface area (Å²) in [7, 11) is 1.16. The van der Waals surface area contributed by atoms with E-state index in [1.165, 1.54) is 27.6 Å². The fraction of sp³-hybridized carbons (Fsp3) is 0. The molecule has 1 aromatic heterocycles. The average molecular weight is 422 g/mol. The van der Waals surface area contributed by atoms with Gasteiger partial charge >= 0.3 is 7.48 Å². The van der Waals surface area contributed by atoms with Gasteiger partial charge in [-0.2, -0.15) is 0 Å². The van der Waals surface area contributed by atoms with E-state index in [1.54, 1.807) is 0 Å². The summed E-state index contributed by atoms with van der Waals surface area (Å²) < 4.78 is 2.30. The molecule has 6 rings (SSSR count). The lowest BCUT2D eigenvalue weighted by molar-refractivity contribution is 0.615. The van der Waals surface area contributed by atoms with Gasteiger partial charge < -0.3 is 9.59 Å². The quantitative estimate of drug-likeness (QED) is 0.329. The summed E-state index contributed by atoms with van der Waals surface area (Å²) in [6.07, 6.45) is 0. The minimum Gasteiger partial charge on any atom is -0.450 e. The Morgan fingerprint density at radius 2 is 1.00 bits per heavy atom. The van der Waals surface area contributed by atoms with E-state index in [9.17, 15) is 5.02 Å². The molecule has 5 aromatic carbocycles. The molecule has 0 aliphatic rings. The molecule has 0 saturated heterocycles. The topological polar surface area (TPSA) is 25.2 Å². The molecule has 0 unspecified atom stereocenters. The van der Waals surface area contributed by atoms with Crippen LogP contribution in [0, 0.1) is 0 Å². The van der Waals surface area contributed by atoms with Crippen molar-refractivity contribution in [3.8, 4) is 27.9 Å². The minimum atomic E-state index is 0.797. The van der Waals surface area contributed by atoms with Gasteiger partial charge in [-0.25, -0.2) is 0 Å². The fourth-order valence-corrected chi connectivity index (χ4v) is 4.64. The van der Waals surface area contributed by atoms with Crippen LogP contribution in [0.5, 0.6) is 0 Å². The third-order valence-electron chi connectivity index (χ3n) is 6.28. The number of fused-ring (bicyclic) bond motifs is 3. The number of benzene rings is 5.